The molecule has 0 spiro atoms. The largest absolute Gasteiger partial charge is 0.494 e. The zero-order chi connectivity index (χ0) is 21.4. The van der Waals surface area contributed by atoms with Gasteiger partial charge in [-0.2, -0.15) is 0 Å². The molecule has 0 bridgehead atoms. The van der Waals surface area contributed by atoms with Crippen LogP contribution in [0.5, 0.6) is 5.75 Å². The zero-order valence-corrected chi connectivity index (χ0v) is 17.7. The van der Waals surface area contributed by atoms with Gasteiger partial charge >= 0.3 is 5.97 Å². The van der Waals surface area contributed by atoms with Gasteiger partial charge in [-0.1, -0.05) is 18.0 Å². The van der Waals surface area contributed by atoms with Crippen molar-refractivity contribution in [3.05, 3.63) is 22.7 Å². The van der Waals surface area contributed by atoms with Gasteiger partial charge in [0.05, 0.1) is 30.5 Å². The van der Waals surface area contributed by atoms with Crippen molar-refractivity contribution in [1.29, 1.82) is 0 Å². The van der Waals surface area contributed by atoms with Crippen molar-refractivity contribution >= 4 is 29.2 Å². The summed E-state index contributed by atoms with van der Waals surface area (Å²) in [4.78, 5) is 25.6. The number of carboxylic acid groups (broad SMARTS) is 1. The molecule has 0 saturated carbocycles. The Labute approximate surface area is 176 Å². The molecule has 0 aromatic heterocycles. The number of nitrogens with two attached hydrogens (primary N) is 1. The predicted molar refractivity (Wildman–Crippen MR) is 112 cm³/mol. The maximum absolute atomic E-state index is 12.8. The number of amides is 1. The summed E-state index contributed by atoms with van der Waals surface area (Å²) >= 11 is 6.15. The second-order valence-electron chi connectivity index (χ2n) is 7.20. The number of ether oxygens (including phenoxy) is 2. The fourth-order valence-electron chi connectivity index (χ4n) is 3.57. The van der Waals surface area contributed by atoms with E-state index in [0.717, 1.165) is 32.4 Å². The fraction of sp³-hybridized carbons (Fsp3) is 0.600. The van der Waals surface area contributed by atoms with Crippen LogP contribution in [-0.4, -0.2) is 67.9 Å². The first-order valence-corrected chi connectivity index (χ1v) is 10.1. The van der Waals surface area contributed by atoms with Gasteiger partial charge in [0.25, 0.3) is 5.91 Å². The van der Waals surface area contributed by atoms with Crippen molar-refractivity contribution < 1.29 is 24.2 Å². The highest BCUT2D eigenvalue weighted by Crippen LogP contribution is 2.33. The first-order valence-electron chi connectivity index (χ1n) is 9.77. The molecule has 1 saturated heterocycles. The number of carbonyl (C=O) groups excluding carboxylic acids is 1. The van der Waals surface area contributed by atoms with E-state index in [-0.39, 0.29) is 35.2 Å². The number of methoxy groups -OCH3 is 2. The number of anilines is 1. The van der Waals surface area contributed by atoms with Gasteiger partial charge in [0.1, 0.15) is 5.02 Å². The maximum atomic E-state index is 12.8. The number of piperidine rings is 1. The second-order valence-corrected chi connectivity index (χ2v) is 7.58. The third kappa shape index (κ3) is 6.48. The van der Waals surface area contributed by atoms with Gasteiger partial charge in [0.15, 0.2) is 5.75 Å². The molecule has 8 nitrogen and oxygen atoms in total. The number of halogens is 1. The summed E-state index contributed by atoms with van der Waals surface area (Å²) in [7, 11) is 3.09. The van der Waals surface area contributed by atoms with E-state index in [9.17, 15) is 9.59 Å². The predicted octanol–water partition coefficient (Wildman–Crippen LogP) is 2.39. The van der Waals surface area contributed by atoms with Crippen molar-refractivity contribution in [2.24, 2.45) is 0 Å². The Hall–Kier alpha value is -2.03. The van der Waals surface area contributed by atoms with Crippen molar-refractivity contribution in [2.75, 3.05) is 39.6 Å². The lowest BCUT2D eigenvalue weighted by Crippen LogP contribution is -2.54. The van der Waals surface area contributed by atoms with Gasteiger partial charge in [-0.05, 0) is 37.9 Å². The zero-order valence-electron chi connectivity index (χ0n) is 16.9. The number of unbranched alkanes of at least 4 members (excludes halogenated alkanes) is 2. The Morgan fingerprint density at radius 3 is 2.72 bits per heavy atom. The van der Waals surface area contributed by atoms with Gasteiger partial charge in [-0.25, -0.2) is 0 Å². The van der Waals surface area contributed by atoms with Crippen LogP contribution in [0.3, 0.4) is 0 Å². The topological polar surface area (TPSA) is 114 Å². The quantitative estimate of drug-likeness (QED) is 0.388. The van der Waals surface area contributed by atoms with Crippen molar-refractivity contribution in [2.45, 2.75) is 44.2 Å². The average molecular weight is 428 g/mol. The van der Waals surface area contributed by atoms with Crippen LogP contribution in [0.15, 0.2) is 12.1 Å². The number of benzene rings is 1. The minimum atomic E-state index is -0.750. The molecule has 1 aliphatic heterocycles. The first kappa shape index (κ1) is 23.3. The van der Waals surface area contributed by atoms with Crippen LogP contribution in [0.2, 0.25) is 5.02 Å². The molecular weight excluding hydrogens is 398 g/mol. The molecule has 1 heterocycles. The molecule has 1 amide bonds. The lowest BCUT2D eigenvalue weighted by Gasteiger charge is -2.38. The number of likely N-dealkylation sites (tertiary alicyclic amines) is 1. The number of nitrogens with zero attached hydrogens (tertiary/aromatic N) is 1. The number of carbonyl (C=O) groups is 2. The van der Waals surface area contributed by atoms with Gasteiger partial charge in [0.2, 0.25) is 0 Å². The molecule has 1 aliphatic rings. The van der Waals surface area contributed by atoms with E-state index in [2.05, 4.69) is 10.2 Å². The Morgan fingerprint density at radius 1 is 1.31 bits per heavy atom. The summed E-state index contributed by atoms with van der Waals surface area (Å²) < 4.78 is 10.9. The van der Waals surface area contributed by atoms with Gasteiger partial charge in [-0.15, -0.1) is 0 Å². The van der Waals surface area contributed by atoms with Crippen molar-refractivity contribution in [3.63, 3.8) is 0 Å². The SMILES string of the molecule is COc1c(C(=O)N[C@@H]2CCN(CCCCCC(=O)O)C[C@@H]2OC)ccc(N)c1Cl. The van der Waals surface area contributed by atoms with E-state index in [1.165, 1.54) is 7.11 Å². The number of aliphatic carboxylic acids is 1. The van der Waals surface area contributed by atoms with Gasteiger partial charge in [-0.3, -0.25) is 9.59 Å². The number of nitrogen functional groups attached to an aromatic ring is 1. The van der Waals surface area contributed by atoms with E-state index in [1.54, 1.807) is 19.2 Å². The summed E-state index contributed by atoms with van der Waals surface area (Å²) in [6, 6.07) is 3.06. The fourth-order valence-corrected chi connectivity index (χ4v) is 3.81. The Bertz CT molecular complexity index is 716. The normalized spacial score (nSPS) is 19.7. The molecule has 0 radical (unpaired) electrons. The summed E-state index contributed by atoms with van der Waals surface area (Å²) in [6.07, 6.45) is 3.36. The molecule has 1 aromatic rings. The summed E-state index contributed by atoms with van der Waals surface area (Å²) in [5.74, 6) is -0.769. The van der Waals surface area contributed by atoms with Crippen LogP contribution >= 0.6 is 11.6 Å². The highest BCUT2D eigenvalue weighted by atomic mass is 35.5. The summed E-state index contributed by atoms with van der Waals surface area (Å²) in [6.45, 7) is 2.44. The molecule has 29 heavy (non-hydrogen) atoms. The maximum Gasteiger partial charge on any atom is 0.303 e. The Kier molecular flexibility index (Phi) is 9.00. The molecule has 2 atom stereocenters. The van der Waals surface area contributed by atoms with E-state index in [0.29, 0.717) is 24.2 Å². The molecule has 0 aliphatic carbocycles. The van der Waals surface area contributed by atoms with E-state index in [1.807, 2.05) is 0 Å². The van der Waals surface area contributed by atoms with E-state index in [4.69, 9.17) is 31.9 Å². The molecule has 4 N–H and O–H groups in total. The molecule has 1 fully saturated rings. The van der Waals surface area contributed by atoms with Crippen molar-refractivity contribution in [3.8, 4) is 5.75 Å². The monoisotopic (exact) mass is 427 g/mol. The Balaban J connectivity index is 1.90. The molecular formula is C20H30ClN3O5. The molecule has 9 heteroatoms. The second kappa shape index (κ2) is 11.2. The van der Waals surface area contributed by atoms with Crippen LogP contribution in [0, 0.1) is 0 Å². The Morgan fingerprint density at radius 2 is 2.07 bits per heavy atom. The van der Waals surface area contributed by atoms with Gasteiger partial charge < -0.3 is 30.5 Å². The smallest absolute Gasteiger partial charge is 0.303 e. The number of carboxylic acids is 1. The molecule has 162 valence electrons. The summed E-state index contributed by atoms with van der Waals surface area (Å²) in [5, 5.41) is 11.9. The average Bonchev–Trinajstić information content (AvgIpc) is 2.70. The summed E-state index contributed by atoms with van der Waals surface area (Å²) in [5.41, 5.74) is 6.47. The lowest BCUT2D eigenvalue weighted by molar-refractivity contribution is -0.137. The van der Waals surface area contributed by atoms with Crippen LogP contribution in [0.25, 0.3) is 0 Å². The highest BCUT2D eigenvalue weighted by molar-refractivity contribution is 6.35. The highest BCUT2D eigenvalue weighted by Gasteiger charge is 2.31. The van der Waals surface area contributed by atoms with Crippen LogP contribution in [0.4, 0.5) is 5.69 Å². The minimum Gasteiger partial charge on any atom is -0.494 e. The van der Waals surface area contributed by atoms with E-state index >= 15 is 0 Å². The van der Waals surface area contributed by atoms with Crippen LogP contribution in [0.1, 0.15) is 42.5 Å². The molecule has 2 rings (SSSR count). The van der Waals surface area contributed by atoms with Crippen LogP contribution in [-0.2, 0) is 9.53 Å². The number of hydrogen-bond acceptors (Lipinski definition) is 6. The number of rotatable bonds is 10. The minimum absolute atomic E-state index is 0.128. The van der Waals surface area contributed by atoms with E-state index < -0.39 is 5.97 Å². The number of hydrogen-bond donors (Lipinski definition) is 3. The third-order valence-corrected chi connectivity index (χ3v) is 5.59. The molecule has 1 aromatic carbocycles. The van der Waals surface area contributed by atoms with Gasteiger partial charge in [0, 0.05) is 26.6 Å². The standard InChI is InChI=1S/C20H30ClN3O5/c1-28-16-12-24(10-5-3-4-6-17(25)26)11-9-15(16)23-20(27)13-7-8-14(22)18(21)19(13)29-2/h7-8,15-16H,3-6,9-12,22H2,1-2H3,(H,23,27)(H,25,26)/t15-,16+/m1/s1. The number of nitrogens with one attached hydrogen (secondary N) is 1. The third-order valence-electron chi connectivity index (χ3n) is 5.20. The van der Waals surface area contributed by atoms with Crippen LogP contribution < -0.4 is 15.8 Å². The first-order chi connectivity index (χ1) is 13.9. The lowest BCUT2D eigenvalue weighted by atomic mass is 10.00. The van der Waals surface area contributed by atoms with Crippen molar-refractivity contribution in [1.82, 2.24) is 10.2 Å². The molecule has 0 unspecified atom stereocenters.